The molecule has 2 heterocycles. The molecule has 2 aromatic heterocycles. The van der Waals surface area contributed by atoms with Crippen LogP contribution in [0.5, 0.6) is 0 Å². The molecule has 0 fully saturated rings. The number of carboxylic acids is 1. The van der Waals surface area contributed by atoms with Crippen LogP contribution in [0.3, 0.4) is 0 Å². The van der Waals surface area contributed by atoms with Gasteiger partial charge in [-0.1, -0.05) is 30.7 Å². The molecule has 2 rings (SSSR count). The van der Waals surface area contributed by atoms with Crippen molar-refractivity contribution in [2.24, 2.45) is 5.92 Å². The lowest BCUT2D eigenvalue weighted by Gasteiger charge is -2.15. The summed E-state index contributed by atoms with van der Waals surface area (Å²) in [6, 6.07) is 2.91. The average molecular weight is 286 g/mol. The highest BCUT2D eigenvalue weighted by atomic mass is 35.5. The van der Waals surface area contributed by atoms with Crippen molar-refractivity contribution in [3.05, 3.63) is 22.7 Å². The Balaban J connectivity index is 2.32. The van der Waals surface area contributed by atoms with Crippen LogP contribution in [-0.4, -0.2) is 26.1 Å². The van der Waals surface area contributed by atoms with Gasteiger partial charge < -0.3 is 5.11 Å². The van der Waals surface area contributed by atoms with E-state index < -0.39 is 12.0 Å². The van der Waals surface area contributed by atoms with Crippen molar-refractivity contribution in [2.75, 3.05) is 0 Å². The maximum absolute atomic E-state index is 11.2. The molecule has 0 bridgehead atoms. The second-order valence-corrected chi connectivity index (χ2v) is 5.93. The lowest BCUT2D eigenvalue weighted by Crippen LogP contribution is -2.24. The van der Waals surface area contributed by atoms with Gasteiger partial charge in [0.15, 0.2) is 6.04 Å². The van der Waals surface area contributed by atoms with Crippen molar-refractivity contribution in [1.82, 2.24) is 15.0 Å². The molecule has 5 nitrogen and oxygen atoms in total. The predicted octanol–water partition coefficient (Wildman–Crippen LogP) is 2.94. The maximum Gasteiger partial charge on any atom is 0.328 e. The summed E-state index contributed by atoms with van der Waals surface area (Å²) in [5.41, 5.74) is 0.638. The van der Waals surface area contributed by atoms with Gasteiger partial charge in [0, 0.05) is 0 Å². The molecule has 18 heavy (non-hydrogen) atoms. The molecular formula is C11H12ClN3O2S. The fourth-order valence-electron chi connectivity index (χ4n) is 1.68. The van der Waals surface area contributed by atoms with E-state index in [0.29, 0.717) is 10.0 Å². The maximum atomic E-state index is 11.2. The SMILES string of the molecule is CC(C)[C@@H](C(=O)O)n1cc(-c2ccc(Cl)s2)nn1. The van der Waals surface area contributed by atoms with Gasteiger partial charge >= 0.3 is 5.97 Å². The minimum atomic E-state index is -0.911. The van der Waals surface area contributed by atoms with Gasteiger partial charge in [-0.2, -0.15) is 0 Å². The van der Waals surface area contributed by atoms with Crippen LogP contribution in [0, 0.1) is 5.92 Å². The topological polar surface area (TPSA) is 68.0 Å². The Morgan fingerprint density at radius 3 is 2.72 bits per heavy atom. The van der Waals surface area contributed by atoms with Crippen LogP contribution in [0.15, 0.2) is 18.3 Å². The number of halogens is 1. The van der Waals surface area contributed by atoms with Gasteiger partial charge in [-0.15, -0.1) is 16.4 Å². The molecule has 0 amide bonds. The van der Waals surface area contributed by atoms with Crippen LogP contribution < -0.4 is 0 Å². The molecule has 7 heteroatoms. The standard InChI is InChI=1S/C11H12ClN3O2S/c1-6(2)10(11(16)17)15-5-7(13-14-15)8-3-4-9(12)18-8/h3-6,10H,1-2H3,(H,16,17)/t10-/m0/s1. The van der Waals surface area contributed by atoms with E-state index in [1.54, 1.807) is 12.3 Å². The zero-order valence-electron chi connectivity index (χ0n) is 9.87. The summed E-state index contributed by atoms with van der Waals surface area (Å²) in [6.07, 6.45) is 1.64. The summed E-state index contributed by atoms with van der Waals surface area (Å²) in [6.45, 7) is 3.67. The molecule has 0 saturated heterocycles. The number of aliphatic carboxylic acids is 1. The van der Waals surface area contributed by atoms with Crippen molar-refractivity contribution in [1.29, 1.82) is 0 Å². The molecule has 96 valence electrons. The molecular weight excluding hydrogens is 274 g/mol. The van der Waals surface area contributed by atoms with Gasteiger partial charge in [-0.05, 0) is 18.1 Å². The van der Waals surface area contributed by atoms with Gasteiger partial charge in [0.1, 0.15) is 5.69 Å². The monoisotopic (exact) mass is 285 g/mol. The van der Waals surface area contributed by atoms with E-state index in [9.17, 15) is 9.90 Å². The normalized spacial score (nSPS) is 12.9. The van der Waals surface area contributed by atoms with Crippen LogP contribution in [0.2, 0.25) is 4.34 Å². The van der Waals surface area contributed by atoms with Crippen molar-refractivity contribution < 1.29 is 9.90 Å². The zero-order valence-corrected chi connectivity index (χ0v) is 11.4. The molecule has 0 aromatic carbocycles. The number of hydrogen-bond acceptors (Lipinski definition) is 4. The number of hydrogen-bond donors (Lipinski definition) is 1. The third-order valence-corrected chi connectivity index (χ3v) is 3.76. The summed E-state index contributed by atoms with van der Waals surface area (Å²) in [5.74, 6) is -0.977. The molecule has 0 unspecified atom stereocenters. The molecule has 0 spiro atoms. The highest BCUT2D eigenvalue weighted by Gasteiger charge is 2.25. The van der Waals surface area contributed by atoms with E-state index in [4.69, 9.17) is 11.6 Å². The Labute approximate surface area is 113 Å². The number of thiophene rings is 1. The first-order valence-electron chi connectivity index (χ1n) is 5.39. The van der Waals surface area contributed by atoms with E-state index in [1.165, 1.54) is 16.0 Å². The zero-order chi connectivity index (χ0) is 13.3. The third kappa shape index (κ3) is 2.54. The van der Waals surface area contributed by atoms with Gasteiger partial charge in [-0.3, -0.25) is 0 Å². The van der Waals surface area contributed by atoms with E-state index >= 15 is 0 Å². The summed E-state index contributed by atoms with van der Waals surface area (Å²) in [4.78, 5) is 12.1. The first-order chi connectivity index (χ1) is 8.49. The molecule has 0 saturated carbocycles. The number of nitrogens with zero attached hydrogens (tertiary/aromatic N) is 3. The molecule has 1 N–H and O–H groups in total. The summed E-state index contributed by atoms with van der Waals surface area (Å²) < 4.78 is 2.05. The third-order valence-electron chi connectivity index (χ3n) is 2.51. The number of carbonyl (C=O) groups is 1. The smallest absolute Gasteiger partial charge is 0.328 e. The lowest BCUT2D eigenvalue weighted by atomic mass is 10.1. The van der Waals surface area contributed by atoms with Crippen molar-refractivity contribution >= 4 is 28.9 Å². The fourth-order valence-corrected chi connectivity index (χ4v) is 2.67. The van der Waals surface area contributed by atoms with E-state index in [2.05, 4.69) is 10.3 Å². The first kappa shape index (κ1) is 13.0. The minimum absolute atomic E-state index is 0.0658. The van der Waals surface area contributed by atoms with Crippen molar-refractivity contribution in [3.63, 3.8) is 0 Å². The molecule has 0 radical (unpaired) electrons. The molecule has 2 aromatic rings. The average Bonchev–Trinajstić information content (AvgIpc) is 2.85. The van der Waals surface area contributed by atoms with Gasteiger partial charge in [0.05, 0.1) is 15.4 Å². The van der Waals surface area contributed by atoms with Gasteiger partial charge in [-0.25, -0.2) is 9.48 Å². The predicted molar refractivity (Wildman–Crippen MR) is 69.9 cm³/mol. The van der Waals surface area contributed by atoms with E-state index in [0.717, 1.165) is 4.88 Å². The van der Waals surface area contributed by atoms with Crippen LogP contribution in [0.1, 0.15) is 19.9 Å². The van der Waals surface area contributed by atoms with Gasteiger partial charge in [0.2, 0.25) is 0 Å². The molecule has 0 aliphatic rings. The van der Waals surface area contributed by atoms with E-state index in [1.807, 2.05) is 19.9 Å². The van der Waals surface area contributed by atoms with Crippen molar-refractivity contribution in [2.45, 2.75) is 19.9 Å². The Bertz CT molecular complexity index is 564. The molecule has 1 atom stereocenters. The van der Waals surface area contributed by atoms with E-state index in [-0.39, 0.29) is 5.92 Å². The molecule has 0 aliphatic heterocycles. The van der Waals surface area contributed by atoms with Crippen LogP contribution >= 0.6 is 22.9 Å². The summed E-state index contributed by atoms with van der Waals surface area (Å²) >= 11 is 7.23. The van der Waals surface area contributed by atoms with Crippen LogP contribution in [0.25, 0.3) is 10.6 Å². The Hall–Kier alpha value is -1.40. The second kappa shape index (κ2) is 5.07. The number of carboxylic acid groups (broad SMARTS) is 1. The fraction of sp³-hybridized carbons (Fsp3) is 0.364. The molecule has 0 aliphatic carbocycles. The minimum Gasteiger partial charge on any atom is -0.480 e. The van der Waals surface area contributed by atoms with Crippen LogP contribution in [0.4, 0.5) is 0 Å². The highest BCUT2D eigenvalue weighted by Crippen LogP contribution is 2.30. The quantitative estimate of drug-likeness (QED) is 0.938. The number of aromatic nitrogens is 3. The Kier molecular flexibility index (Phi) is 3.68. The van der Waals surface area contributed by atoms with Crippen LogP contribution in [-0.2, 0) is 4.79 Å². The lowest BCUT2D eigenvalue weighted by molar-refractivity contribution is -0.142. The second-order valence-electron chi connectivity index (χ2n) is 4.21. The highest BCUT2D eigenvalue weighted by molar-refractivity contribution is 7.19. The Morgan fingerprint density at radius 1 is 1.50 bits per heavy atom. The first-order valence-corrected chi connectivity index (χ1v) is 6.59. The summed E-state index contributed by atoms with van der Waals surface area (Å²) in [5, 5.41) is 17.1. The van der Waals surface area contributed by atoms with Crippen molar-refractivity contribution in [3.8, 4) is 10.6 Å². The van der Waals surface area contributed by atoms with Gasteiger partial charge in [0.25, 0.3) is 0 Å². The Morgan fingerprint density at radius 2 is 2.22 bits per heavy atom. The largest absolute Gasteiger partial charge is 0.480 e. The summed E-state index contributed by atoms with van der Waals surface area (Å²) in [7, 11) is 0. The number of rotatable bonds is 4.